The number of rotatable bonds is 2. The summed E-state index contributed by atoms with van der Waals surface area (Å²) in [5, 5.41) is 3.33. The molecule has 0 aromatic heterocycles. The van der Waals surface area contributed by atoms with E-state index in [0.717, 1.165) is 6.42 Å². The molecule has 0 aliphatic heterocycles. The summed E-state index contributed by atoms with van der Waals surface area (Å²) in [6, 6.07) is 8.55. The van der Waals surface area contributed by atoms with Gasteiger partial charge in [-0.25, -0.2) is 0 Å². The van der Waals surface area contributed by atoms with Gasteiger partial charge in [0.2, 0.25) is 0 Å². The fourth-order valence-corrected chi connectivity index (χ4v) is 2.68. The molecule has 86 valence electrons. The molecule has 0 heterocycles. The Labute approximate surface area is 102 Å². The van der Waals surface area contributed by atoms with Crippen LogP contribution in [0.1, 0.15) is 17.5 Å². The highest BCUT2D eigenvalue weighted by Crippen LogP contribution is 2.44. The Morgan fingerprint density at radius 3 is 2.65 bits per heavy atom. The van der Waals surface area contributed by atoms with E-state index in [-0.39, 0.29) is 0 Å². The van der Waals surface area contributed by atoms with Gasteiger partial charge in [-0.2, -0.15) is 0 Å². The molecule has 1 aromatic rings. The summed E-state index contributed by atoms with van der Waals surface area (Å²) in [4.78, 5) is 0. The van der Waals surface area contributed by atoms with Gasteiger partial charge in [-0.15, -0.1) is 0 Å². The van der Waals surface area contributed by atoms with Crippen molar-refractivity contribution in [2.24, 2.45) is 5.73 Å². The Bertz CT molecular complexity index is 562. The molecule has 0 spiro atoms. The summed E-state index contributed by atoms with van der Waals surface area (Å²) in [6.07, 6.45) is 5.32. The zero-order valence-corrected chi connectivity index (χ0v) is 9.96. The first-order chi connectivity index (χ1) is 8.35. The minimum Gasteiger partial charge on any atom is -0.387 e. The van der Waals surface area contributed by atoms with Crippen LogP contribution in [0.2, 0.25) is 0 Å². The van der Waals surface area contributed by atoms with E-state index in [0.29, 0.717) is 6.54 Å². The van der Waals surface area contributed by atoms with Crippen molar-refractivity contribution in [3.63, 3.8) is 0 Å². The molecule has 0 atom stereocenters. The molecule has 0 bridgehead atoms. The van der Waals surface area contributed by atoms with E-state index in [1.807, 2.05) is 7.05 Å². The fraction of sp³-hybridized carbons (Fsp3) is 0.200. The van der Waals surface area contributed by atoms with E-state index in [1.165, 1.54) is 33.5 Å². The van der Waals surface area contributed by atoms with Crippen molar-refractivity contribution in [2.45, 2.75) is 6.42 Å². The minimum atomic E-state index is 0.640. The van der Waals surface area contributed by atoms with Gasteiger partial charge in [0.25, 0.3) is 0 Å². The summed E-state index contributed by atoms with van der Waals surface area (Å²) in [6.45, 7) is 0.640. The molecule has 0 fully saturated rings. The van der Waals surface area contributed by atoms with Crippen LogP contribution in [0.15, 0.2) is 47.6 Å². The van der Waals surface area contributed by atoms with Crippen LogP contribution in [-0.4, -0.2) is 13.6 Å². The Hall–Kier alpha value is -1.80. The Balaban J connectivity index is 2.19. The molecule has 2 heteroatoms. The molecule has 0 saturated carbocycles. The highest BCUT2D eigenvalue weighted by molar-refractivity contribution is 6.00. The smallest absolute Gasteiger partial charge is 0.0459 e. The van der Waals surface area contributed by atoms with Crippen molar-refractivity contribution in [1.29, 1.82) is 0 Å². The van der Waals surface area contributed by atoms with Crippen LogP contribution < -0.4 is 11.1 Å². The topological polar surface area (TPSA) is 38.0 Å². The van der Waals surface area contributed by atoms with E-state index in [4.69, 9.17) is 5.73 Å². The summed E-state index contributed by atoms with van der Waals surface area (Å²) < 4.78 is 0. The fourth-order valence-electron chi connectivity index (χ4n) is 2.68. The van der Waals surface area contributed by atoms with Gasteiger partial charge in [0.1, 0.15) is 0 Å². The van der Waals surface area contributed by atoms with Gasteiger partial charge in [0.15, 0.2) is 0 Å². The Morgan fingerprint density at radius 1 is 1.18 bits per heavy atom. The molecule has 3 rings (SSSR count). The van der Waals surface area contributed by atoms with Crippen molar-refractivity contribution in [3.8, 4) is 0 Å². The monoisotopic (exact) mass is 224 g/mol. The normalized spacial score (nSPS) is 17.3. The second-order valence-electron chi connectivity index (χ2n) is 4.44. The predicted octanol–water partition coefficient (Wildman–Crippen LogP) is 2.30. The lowest BCUT2D eigenvalue weighted by Gasteiger charge is -2.14. The van der Waals surface area contributed by atoms with E-state index in [1.54, 1.807) is 0 Å². The molecule has 1 aromatic carbocycles. The van der Waals surface area contributed by atoms with Gasteiger partial charge < -0.3 is 11.1 Å². The van der Waals surface area contributed by atoms with Crippen molar-refractivity contribution in [3.05, 3.63) is 58.7 Å². The zero-order chi connectivity index (χ0) is 11.8. The number of allylic oxidation sites excluding steroid dienone is 4. The van der Waals surface area contributed by atoms with Crippen LogP contribution in [0, 0.1) is 0 Å². The summed E-state index contributed by atoms with van der Waals surface area (Å²) in [7, 11) is 1.99. The van der Waals surface area contributed by atoms with Gasteiger partial charge in [-0.1, -0.05) is 42.0 Å². The van der Waals surface area contributed by atoms with Crippen molar-refractivity contribution >= 4 is 11.3 Å². The second-order valence-corrected chi connectivity index (χ2v) is 4.44. The van der Waals surface area contributed by atoms with Crippen molar-refractivity contribution < 1.29 is 0 Å². The summed E-state index contributed by atoms with van der Waals surface area (Å²) >= 11 is 0. The molecule has 0 unspecified atom stereocenters. The standard InChI is InChI=1S/C15H16N2/c1-17-15-13-5-3-2-4-11(13)12-7-6-10(9-16)8-14(12)15/h2-7,17H,8-9,16H2,1H3. The molecule has 3 N–H and O–H groups in total. The van der Waals surface area contributed by atoms with E-state index >= 15 is 0 Å². The highest BCUT2D eigenvalue weighted by Gasteiger charge is 2.26. The Morgan fingerprint density at radius 2 is 1.94 bits per heavy atom. The number of benzene rings is 1. The zero-order valence-electron chi connectivity index (χ0n) is 9.96. The average Bonchev–Trinajstić information content (AvgIpc) is 2.71. The van der Waals surface area contributed by atoms with E-state index in [9.17, 15) is 0 Å². The molecule has 17 heavy (non-hydrogen) atoms. The second kappa shape index (κ2) is 3.90. The van der Waals surface area contributed by atoms with Gasteiger partial charge >= 0.3 is 0 Å². The van der Waals surface area contributed by atoms with Crippen LogP contribution in [0.3, 0.4) is 0 Å². The molecule has 0 radical (unpaired) electrons. The third-order valence-electron chi connectivity index (χ3n) is 3.52. The van der Waals surface area contributed by atoms with Gasteiger partial charge in [0, 0.05) is 24.9 Å². The number of nitrogens with one attached hydrogen (secondary N) is 1. The van der Waals surface area contributed by atoms with Crippen LogP contribution in [0.25, 0.3) is 11.3 Å². The maximum absolute atomic E-state index is 5.74. The quantitative estimate of drug-likeness (QED) is 0.809. The maximum atomic E-state index is 5.74. The third kappa shape index (κ3) is 1.45. The Kier molecular flexibility index (Phi) is 2.37. The molecule has 0 amide bonds. The lowest BCUT2D eigenvalue weighted by atomic mass is 9.92. The third-order valence-corrected chi connectivity index (χ3v) is 3.52. The van der Waals surface area contributed by atoms with E-state index in [2.05, 4.69) is 41.7 Å². The van der Waals surface area contributed by atoms with Crippen LogP contribution in [0.5, 0.6) is 0 Å². The van der Waals surface area contributed by atoms with Crippen LogP contribution in [-0.2, 0) is 0 Å². The SMILES string of the molecule is CNC1=C2CC(CN)=CC=C2c2ccccc21. The maximum Gasteiger partial charge on any atom is 0.0459 e. The van der Waals surface area contributed by atoms with Crippen molar-refractivity contribution in [2.75, 3.05) is 13.6 Å². The molecule has 2 aliphatic carbocycles. The molecule has 0 saturated heterocycles. The van der Waals surface area contributed by atoms with Gasteiger partial charge in [0.05, 0.1) is 0 Å². The molecule has 2 nitrogen and oxygen atoms in total. The first kappa shape index (κ1) is 10.4. The first-order valence-corrected chi connectivity index (χ1v) is 5.96. The molecular formula is C15H16N2. The lowest BCUT2D eigenvalue weighted by Crippen LogP contribution is -2.09. The molecule has 2 aliphatic rings. The van der Waals surface area contributed by atoms with Crippen molar-refractivity contribution in [1.82, 2.24) is 5.32 Å². The molecular weight excluding hydrogens is 208 g/mol. The van der Waals surface area contributed by atoms with E-state index < -0.39 is 0 Å². The summed E-state index contributed by atoms with van der Waals surface area (Å²) in [5.74, 6) is 0. The number of hydrogen-bond acceptors (Lipinski definition) is 2. The number of nitrogens with two attached hydrogens (primary N) is 1. The van der Waals surface area contributed by atoms with Gasteiger partial charge in [-0.05, 0) is 23.1 Å². The number of hydrogen-bond donors (Lipinski definition) is 2. The van der Waals surface area contributed by atoms with Gasteiger partial charge in [-0.3, -0.25) is 0 Å². The summed E-state index contributed by atoms with van der Waals surface area (Å²) in [5.41, 5.74) is 13.7. The predicted molar refractivity (Wildman–Crippen MR) is 72.2 cm³/mol. The van der Waals surface area contributed by atoms with Crippen LogP contribution in [0.4, 0.5) is 0 Å². The number of fused-ring (bicyclic) bond motifs is 3. The first-order valence-electron chi connectivity index (χ1n) is 5.96. The highest BCUT2D eigenvalue weighted by atomic mass is 14.8. The minimum absolute atomic E-state index is 0.640. The lowest BCUT2D eigenvalue weighted by molar-refractivity contribution is 1.02. The largest absolute Gasteiger partial charge is 0.387 e. The van der Waals surface area contributed by atoms with Crippen LogP contribution >= 0.6 is 0 Å². The average molecular weight is 224 g/mol.